The van der Waals surface area contributed by atoms with Gasteiger partial charge < -0.3 is 19.4 Å². The fourth-order valence-electron chi connectivity index (χ4n) is 2.72. The molecule has 2 aliphatic rings. The van der Waals surface area contributed by atoms with Gasteiger partial charge in [0.2, 0.25) is 5.88 Å². The Morgan fingerprint density at radius 3 is 2.50 bits per heavy atom. The van der Waals surface area contributed by atoms with Gasteiger partial charge in [0.15, 0.2) is 0 Å². The maximum atomic E-state index is 6.09. The molecule has 1 aromatic heterocycles. The highest BCUT2D eigenvalue weighted by molar-refractivity contribution is 6.62. The van der Waals surface area contributed by atoms with Crippen molar-refractivity contribution in [3.05, 3.63) is 17.8 Å². The third kappa shape index (κ3) is 2.87. The van der Waals surface area contributed by atoms with E-state index in [0.717, 1.165) is 30.5 Å². The molecule has 1 atom stereocenters. The van der Waals surface area contributed by atoms with E-state index in [1.54, 1.807) is 0 Å². The molecule has 0 saturated carbocycles. The van der Waals surface area contributed by atoms with Crippen LogP contribution in [0.2, 0.25) is 0 Å². The predicted octanol–water partition coefficient (Wildman–Crippen LogP) is 1.43. The molecule has 120 valence electrons. The van der Waals surface area contributed by atoms with E-state index in [2.05, 4.69) is 38.0 Å². The van der Waals surface area contributed by atoms with E-state index < -0.39 is 0 Å². The summed E-state index contributed by atoms with van der Waals surface area (Å²) in [6.45, 7) is 12.2. The van der Waals surface area contributed by atoms with Crippen LogP contribution >= 0.6 is 0 Å². The van der Waals surface area contributed by atoms with Gasteiger partial charge in [0, 0.05) is 24.3 Å². The lowest BCUT2D eigenvalue weighted by Crippen LogP contribution is -2.41. The normalized spacial score (nSPS) is 26.4. The van der Waals surface area contributed by atoms with Gasteiger partial charge in [-0.1, -0.05) is 0 Å². The third-order valence-corrected chi connectivity index (χ3v) is 4.94. The molecule has 3 rings (SSSR count). The lowest BCUT2D eigenvalue weighted by Gasteiger charge is -2.32. The van der Waals surface area contributed by atoms with Gasteiger partial charge in [-0.3, -0.25) is 0 Å². The lowest BCUT2D eigenvalue weighted by atomic mass is 9.77. The molecular formula is C16H25BN2O3. The first kappa shape index (κ1) is 15.8. The molecule has 22 heavy (non-hydrogen) atoms. The second kappa shape index (κ2) is 5.51. The first-order chi connectivity index (χ1) is 10.3. The van der Waals surface area contributed by atoms with E-state index in [4.69, 9.17) is 14.0 Å². The van der Waals surface area contributed by atoms with Crippen molar-refractivity contribution in [3.8, 4) is 5.88 Å². The Hall–Kier alpha value is -1.11. The Balaban J connectivity index is 1.75. The quantitative estimate of drug-likeness (QED) is 0.856. The summed E-state index contributed by atoms with van der Waals surface area (Å²) in [7, 11) is -0.375. The zero-order valence-corrected chi connectivity index (χ0v) is 14.1. The maximum absolute atomic E-state index is 6.09. The monoisotopic (exact) mass is 304 g/mol. The molecule has 0 amide bonds. The summed E-state index contributed by atoms with van der Waals surface area (Å²) in [5.41, 5.74) is 1.37. The van der Waals surface area contributed by atoms with Crippen molar-refractivity contribution in [1.29, 1.82) is 0 Å². The minimum Gasteiger partial charge on any atom is -0.473 e. The van der Waals surface area contributed by atoms with Crippen LogP contribution in [0.1, 0.15) is 39.7 Å². The van der Waals surface area contributed by atoms with E-state index in [-0.39, 0.29) is 24.4 Å². The van der Waals surface area contributed by atoms with Crippen LogP contribution in [0.3, 0.4) is 0 Å². The van der Waals surface area contributed by atoms with Crippen LogP contribution in [-0.2, 0) is 9.31 Å². The summed E-state index contributed by atoms with van der Waals surface area (Å²) in [5.74, 6) is 0.673. The molecule has 0 aromatic carbocycles. The van der Waals surface area contributed by atoms with Gasteiger partial charge in [0.05, 0.1) is 11.2 Å². The van der Waals surface area contributed by atoms with Crippen LogP contribution in [0, 0.1) is 6.92 Å². The fraction of sp³-hybridized carbons (Fsp3) is 0.688. The van der Waals surface area contributed by atoms with E-state index in [1.807, 2.05) is 19.2 Å². The number of nitrogens with one attached hydrogen (secondary N) is 1. The Labute approximate surface area is 132 Å². The van der Waals surface area contributed by atoms with Crippen molar-refractivity contribution in [3.63, 3.8) is 0 Å². The Bertz CT molecular complexity index is 540. The molecule has 2 saturated heterocycles. The van der Waals surface area contributed by atoms with Crippen LogP contribution in [0.4, 0.5) is 0 Å². The van der Waals surface area contributed by atoms with Crippen molar-refractivity contribution in [2.75, 3.05) is 13.1 Å². The van der Waals surface area contributed by atoms with Crippen molar-refractivity contribution in [1.82, 2.24) is 10.3 Å². The summed E-state index contributed by atoms with van der Waals surface area (Å²) in [6.07, 6.45) is 3.06. The number of nitrogens with zero attached hydrogens (tertiary/aromatic N) is 1. The van der Waals surface area contributed by atoms with Gasteiger partial charge in [0.25, 0.3) is 0 Å². The molecule has 0 spiro atoms. The molecule has 6 heteroatoms. The van der Waals surface area contributed by atoms with Crippen molar-refractivity contribution in [2.24, 2.45) is 0 Å². The average molecular weight is 304 g/mol. The highest BCUT2D eigenvalue weighted by Gasteiger charge is 2.52. The van der Waals surface area contributed by atoms with Gasteiger partial charge in [0.1, 0.15) is 6.10 Å². The first-order valence-corrected chi connectivity index (χ1v) is 7.98. The van der Waals surface area contributed by atoms with Crippen LogP contribution in [0.5, 0.6) is 5.88 Å². The van der Waals surface area contributed by atoms with Gasteiger partial charge in [-0.05, 0) is 53.1 Å². The van der Waals surface area contributed by atoms with E-state index in [1.165, 1.54) is 0 Å². The van der Waals surface area contributed by atoms with Crippen LogP contribution in [0.25, 0.3) is 0 Å². The molecular weight excluding hydrogens is 279 g/mol. The van der Waals surface area contributed by atoms with Crippen LogP contribution in [0.15, 0.2) is 12.3 Å². The van der Waals surface area contributed by atoms with Crippen molar-refractivity contribution < 1.29 is 14.0 Å². The molecule has 1 N–H and O–H groups in total. The van der Waals surface area contributed by atoms with Crippen molar-refractivity contribution in [2.45, 2.75) is 58.3 Å². The number of aryl methyl sites for hydroxylation is 1. The van der Waals surface area contributed by atoms with E-state index in [9.17, 15) is 0 Å². The van der Waals surface area contributed by atoms with Gasteiger partial charge >= 0.3 is 7.12 Å². The molecule has 2 aliphatic heterocycles. The zero-order chi connectivity index (χ0) is 16.0. The number of hydrogen-bond acceptors (Lipinski definition) is 5. The van der Waals surface area contributed by atoms with Crippen molar-refractivity contribution >= 4 is 12.6 Å². The summed E-state index contributed by atoms with van der Waals surface area (Å²) in [5, 5.41) is 3.29. The minimum atomic E-state index is -0.375. The lowest BCUT2D eigenvalue weighted by molar-refractivity contribution is 0.00578. The molecule has 0 unspecified atom stereocenters. The molecule has 0 aliphatic carbocycles. The number of ether oxygens (including phenoxy) is 1. The molecule has 0 radical (unpaired) electrons. The average Bonchev–Trinajstić information content (AvgIpc) is 2.96. The molecule has 2 fully saturated rings. The summed E-state index contributed by atoms with van der Waals surface area (Å²) >= 11 is 0. The first-order valence-electron chi connectivity index (χ1n) is 7.98. The fourth-order valence-corrected chi connectivity index (χ4v) is 2.72. The third-order valence-electron chi connectivity index (χ3n) is 4.94. The summed E-state index contributed by atoms with van der Waals surface area (Å²) < 4.78 is 18.1. The zero-order valence-electron chi connectivity index (χ0n) is 14.1. The van der Waals surface area contributed by atoms with E-state index >= 15 is 0 Å². The van der Waals surface area contributed by atoms with Crippen LogP contribution < -0.4 is 15.5 Å². The highest BCUT2D eigenvalue weighted by Crippen LogP contribution is 2.36. The molecule has 0 bridgehead atoms. The smallest absolute Gasteiger partial charge is 0.473 e. The summed E-state index contributed by atoms with van der Waals surface area (Å²) in [6, 6.07) is 1.97. The molecule has 5 nitrogen and oxygen atoms in total. The van der Waals surface area contributed by atoms with Crippen LogP contribution in [-0.4, -0.2) is 42.5 Å². The number of aromatic nitrogens is 1. The number of rotatable bonds is 3. The Kier molecular flexibility index (Phi) is 3.95. The number of hydrogen-bond donors (Lipinski definition) is 1. The Morgan fingerprint density at radius 2 is 1.95 bits per heavy atom. The predicted molar refractivity (Wildman–Crippen MR) is 86.6 cm³/mol. The van der Waals surface area contributed by atoms with E-state index in [0.29, 0.717) is 5.88 Å². The van der Waals surface area contributed by atoms with Gasteiger partial charge in [-0.2, -0.15) is 0 Å². The topological polar surface area (TPSA) is 52.6 Å². The minimum absolute atomic E-state index is 0.217. The Morgan fingerprint density at radius 1 is 1.27 bits per heavy atom. The second-order valence-corrected chi connectivity index (χ2v) is 7.20. The standard InChI is InChI=1S/C16H25BN2O3/c1-11-8-14(20-12-6-7-18-9-12)19-10-13(11)17-21-15(2,3)16(4,5)22-17/h8,10,12,18H,6-7,9H2,1-5H3/t12-/m0/s1. The highest BCUT2D eigenvalue weighted by atomic mass is 16.7. The number of pyridine rings is 1. The second-order valence-electron chi connectivity index (χ2n) is 7.20. The largest absolute Gasteiger partial charge is 0.496 e. The molecule has 1 aromatic rings. The van der Waals surface area contributed by atoms with Gasteiger partial charge in [-0.15, -0.1) is 0 Å². The maximum Gasteiger partial charge on any atom is 0.496 e. The molecule has 3 heterocycles. The summed E-state index contributed by atoms with van der Waals surface area (Å²) in [4.78, 5) is 4.43. The van der Waals surface area contributed by atoms with Gasteiger partial charge in [-0.25, -0.2) is 4.98 Å². The SMILES string of the molecule is Cc1cc(O[C@H]2CCNC2)ncc1B1OC(C)(C)C(C)(C)O1.